The minimum atomic E-state index is 0.860. The third-order valence-corrected chi connectivity index (χ3v) is 3.35. The summed E-state index contributed by atoms with van der Waals surface area (Å²) in [5, 5.41) is 14.8. The number of hydrogen-bond acceptors (Lipinski definition) is 5. The number of rotatable bonds is 2. The molecule has 0 spiro atoms. The van der Waals surface area contributed by atoms with Gasteiger partial charge in [-0.05, 0) is 11.4 Å². The maximum Gasteiger partial charge on any atom is 0.205 e. The van der Waals surface area contributed by atoms with Gasteiger partial charge in [-0.3, -0.25) is 0 Å². The van der Waals surface area contributed by atoms with Gasteiger partial charge in [0, 0.05) is 7.05 Å². The molecule has 0 atom stereocenters. The summed E-state index contributed by atoms with van der Waals surface area (Å²) in [6, 6.07) is 4.06. The van der Waals surface area contributed by atoms with Crippen molar-refractivity contribution in [2.75, 3.05) is 12.4 Å². The Labute approximate surface area is 78.1 Å². The summed E-state index contributed by atoms with van der Waals surface area (Å²) >= 11 is 3.25. The molecular formula is C7H7N3S2. The molecule has 0 amide bonds. The molecule has 2 heterocycles. The molecule has 5 heteroatoms. The number of nitrogens with one attached hydrogen (secondary N) is 1. The highest BCUT2D eigenvalue weighted by Crippen LogP contribution is 2.29. The molecule has 0 unspecified atom stereocenters. The Morgan fingerprint density at radius 2 is 2.33 bits per heavy atom. The second kappa shape index (κ2) is 3.20. The van der Waals surface area contributed by atoms with Crippen molar-refractivity contribution in [3.63, 3.8) is 0 Å². The molecule has 62 valence electrons. The molecular weight excluding hydrogens is 190 g/mol. The Hall–Kier alpha value is -0.940. The smallest absolute Gasteiger partial charge is 0.205 e. The molecule has 2 aromatic heterocycles. The molecule has 3 nitrogen and oxygen atoms in total. The number of aromatic nitrogens is 2. The van der Waals surface area contributed by atoms with Crippen molar-refractivity contribution in [3.05, 3.63) is 17.5 Å². The van der Waals surface area contributed by atoms with E-state index >= 15 is 0 Å². The molecule has 0 bridgehead atoms. The predicted octanol–water partition coefficient (Wildman–Crippen LogP) is 2.31. The van der Waals surface area contributed by atoms with Gasteiger partial charge in [0.25, 0.3) is 0 Å². The minimum Gasteiger partial charge on any atom is -0.363 e. The molecule has 0 saturated heterocycles. The normalized spacial score (nSPS) is 10.1. The van der Waals surface area contributed by atoms with Crippen molar-refractivity contribution < 1.29 is 0 Å². The van der Waals surface area contributed by atoms with Gasteiger partial charge in [-0.25, -0.2) is 0 Å². The van der Waals surface area contributed by atoms with E-state index in [1.807, 2.05) is 24.6 Å². The largest absolute Gasteiger partial charge is 0.363 e. The van der Waals surface area contributed by atoms with Crippen LogP contribution < -0.4 is 5.32 Å². The van der Waals surface area contributed by atoms with Crippen molar-refractivity contribution >= 4 is 27.8 Å². The van der Waals surface area contributed by atoms with Gasteiger partial charge in [-0.15, -0.1) is 21.5 Å². The van der Waals surface area contributed by atoms with E-state index in [2.05, 4.69) is 15.5 Å². The van der Waals surface area contributed by atoms with Crippen LogP contribution in [-0.2, 0) is 0 Å². The molecule has 0 fully saturated rings. The number of thiophene rings is 1. The van der Waals surface area contributed by atoms with Crippen LogP contribution in [0.3, 0.4) is 0 Å². The van der Waals surface area contributed by atoms with Crippen LogP contribution in [0.1, 0.15) is 0 Å². The molecule has 12 heavy (non-hydrogen) atoms. The van der Waals surface area contributed by atoms with Crippen LogP contribution >= 0.6 is 22.7 Å². The van der Waals surface area contributed by atoms with Gasteiger partial charge in [-0.1, -0.05) is 17.4 Å². The van der Waals surface area contributed by atoms with Gasteiger partial charge in [0.1, 0.15) is 0 Å². The van der Waals surface area contributed by atoms with Crippen molar-refractivity contribution in [1.82, 2.24) is 10.2 Å². The van der Waals surface area contributed by atoms with Crippen LogP contribution in [0.15, 0.2) is 17.5 Å². The quantitative estimate of drug-likeness (QED) is 0.802. The van der Waals surface area contributed by atoms with Gasteiger partial charge in [0.2, 0.25) is 5.13 Å². The third kappa shape index (κ3) is 1.33. The lowest BCUT2D eigenvalue weighted by Gasteiger charge is -1.85. The second-order valence-corrected chi connectivity index (χ2v) is 4.06. The van der Waals surface area contributed by atoms with Crippen molar-refractivity contribution in [3.8, 4) is 9.88 Å². The molecule has 2 aromatic rings. The first-order valence-corrected chi connectivity index (χ1v) is 5.15. The van der Waals surface area contributed by atoms with E-state index in [9.17, 15) is 0 Å². The predicted molar refractivity (Wildman–Crippen MR) is 52.8 cm³/mol. The number of anilines is 1. The van der Waals surface area contributed by atoms with E-state index in [0.717, 1.165) is 10.1 Å². The lowest BCUT2D eigenvalue weighted by atomic mass is 10.5. The number of hydrogen-bond donors (Lipinski definition) is 1. The SMILES string of the molecule is CNc1nnc(-c2cccs2)s1. The molecule has 2 rings (SSSR count). The monoisotopic (exact) mass is 197 g/mol. The summed E-state index contributed by atoms with van der Waals surface area (Å²) < 4.78 is 0. The van der Waals surface area contributed by atoms with Crippen LogP contribution in [0, 0.1) is 0 Å². The molecule has 0 aliphatic heterocycles. The van der Waals surface area contributed by atoms with Gasteiger partial charge in [0.05, 0.1) is 4.88 Å². The van der Waals surface area contributed by atoms with E-state index in [1.165, 1.54) is 4.88 Å². The van der Waals surface area contributed by atoms with Crippen LogP contribution in [0.4, 0.5) is 5.13 Å². The fourth-order valence-electron chi connectivity index (χ4n) is 0.824. The van der Waals surface area contributed by atoms with Crippen LogP contribution in [0.25, 0.3) is 9.88 Å². The third-order valence-electron chi connectivity index (χ3n) is 1.37. The van der Waals surface area contributed by atoms with E-state index in [1.54, 1.807) is 22.7 Å². The topological polar surface area (TPSA) is 37.8 Å². The van der Waals surface area contributed by atoms with E-state index in [4.69, 9.17) is 0 Å². The molecule has 0 aromatic carbocycles. The van der Waals surface area contributed by atoms with Gasteiger partial charge in [-0.2, -0.15) is 0 Å². The van der Waals surface area contributed by atoms with Crippen LogP contribution in [0.2, 0.25) is 0 Å². The Kier molecular flexibility index (Phi) is 2.05. The average Bonchev–Trinajstić information content (AvgIpc) is 2.75. The summed E-state index contributed by atoms with van der Waals surface area (Å²) in [4.78, 5) is 1.18. The van der Waals surface area contributed by atoms with Gasteiger partial charge < -0.3 is 5.32 Å². The molecule has 0 aliphatic rings. The zero-order valence-electron chi connectivity index (χ0n) is 6.44. The molecule has 0 radical (unpaired) electrons. The fraction of sp³-hybridized carbons (Fsp3) is 0.143. The van der Waals surface area contributed by atoms with Crippen LogP contribution in [0.5, 0.6) is 0 Å². The van der Waals surface area contributed by atoms with Crippen LogP contribution in [-0.4, -0.2) is 17.2 Å². The standard InChI is InChI=1S/C7H7N3S2/c1-8-7-10-9-6(12-7)5-3-2-4-11-5/h2-4H,1H3,(H,8,10). The molecule has 0 aliphatic carbocycles. The average molecular weight is 197 g/mol. The highest BCUT2D eigenvalue weighted by Gasteiger charge is 2.04. The zero-order valence-corrected chi connectivity index (χ0v) is 8.08. The Morgan fingerprint density at radius 1 is 1.42 bits per heavy atom. The Morgan fingerprint density at radius 3 is 2.92 bits per heavy atom. The van der Waals surface area contributed by atoms with Gasteiger partial charge in [0.15, 0.2) is 5.01 Å². The number of nitrogens with zero attached hydrogens (tertiary/aromatic N) is 2. The fourth-order valence-corrected chi connectivity index (χ4v) is 2.31. The maximum absolute atomic E-state index is 4.05. The summed E-state index contributed by atoms with van der Waals surface area (Å²) in [7, 11) is 1.85. The summed E-state index contributed by atoms with van der Waals surface area (Å²) in [5.74, 6) is 0. The summed E-state index contributed by atoms with van der Waals surface area (Å²) in [6.45, 7) is 0. The first kappa shape index (κ1) is 7.70. The molecule has 1 N–H and O–H groups in total. The van der Waals surface area contributed by atoms with Crippen molar-refractivity contribution in [2.45, 2.75) is 0 Å². The van der Waals surface area contributed by atoms with E-state index in [0.29, 0.717) is 0 Å². The first-order chi connectivity index (χ1) is 5.90. The van der Waals surface area contributed by atoms with E-state index < -0.39 is 0 Å². The summed E-state index contributed by atoms with van der Waals surface area (Å²) in [5.41, 5.74) is 0. The van der Waals surface area contributed by atoms with Gasteiger partial charge >= 0.3 is 0 Å². The Balaban J connectivity index is 2.35. The van der Waals surface area contributed by atoms with Crippen molar-refractivity contribution in [2.24, 2.45) is 0 Å². The highest BCUT2D eigenvalue weighted by atomic mass is 32.1. The Bertz CT molecular complexity index is 352. The lowest BCUT2D eigenvalue weighted by Crippen LogP contribution is -1.84. The molecule has 0 saturated carbocycles. The van der Waals surface area contributed by atoms with E-state index in [-0.39, 0.29) is 0 Å². The zero-order chi connectivity index (χ0) is 8.39. The maximum atomic E-state index is 4.05. The second-order valence-electron chi connectivity index (χ2n) is 2.14. The lowest BCUT2D eigenvalue weighted by molar-refractivity contribution is 1.09. The van der Waals surface area contributed by atoms with Crippen molar-refractivity contribution in [1.29, 1.82) is 0 Å². The first-order valence-electron chi connectivity index (χ1n) is 3.45. The summed E-state index contributed by atoms with van der Waals surface area (Å²) in [6.07, 6.45) is 0. The highest BCUT2D eigenvalue weighted by molar-refractivity contribution is 7.22. The minimum absolute atomic E-state index is 0.860.